The van der Waals surface area contributed by atoms with Crippen LogP contribution in [0.15, 0.2) is 0 Å². The predicted octanol–water partition coefficient (Wildman–Crippen LogP) is 2.11. The van der Waals surface area contributed by atoms with Crippen molar-refractivity contribution in [1.82, 2.24) is 9.80 Å². The minimum atomic E-state index is -2.62. The van der Waals surface area contributed by atoms with Gasteiger partial charge >= 0.3 is 6.09 Å². The second kappa shape index (κ2) is 4.76. The third-order valence-electron chi connectivity index (χ3n) is 2.93. The highest BCUT2D eigenvalue weighted by molar-refractivity contribution is 5.65. The molecule has 100 valence electrons. The van der Waals surface area contributed by atoms with Crippen LogP contribution < -0.4 is 0 Å². The zero-order valence-corrected chi connectivity index (χ0v) is 10.5. The molecule has 1 rings (SSSR count). The van der Waals surface area contributed by atoms with E-state index in [4.69, 9.17) is 5.11 Å². The first-order valence-corrected chi connectivity index (χ1v) is 5.72. The lowest BCUT2D eigenvalue weighted by Gasteiger charge is -2.34. The summed E-state index contributed by atoms with van der Waals surface area (Å²) in [5.74, 6) is -2.62. The Morgan fingerprint density at radius 2 is 2.06 bits per heavy atom. The van der Waals surface area contributed by atoms with Gasteiger partial charge in [-0.15, -0.1) is 0 Å². The monoisotopic (exact) mass is 250 g/mol. The van der Waals surface area contributed by atoms with Crippen LogP contribution in [0.25, 0.3) is 0 Å². The van der Waals surface area contributed by atoms with Crippen molar-refractivity contribution in [2.75, 3.05) is 26.2 Å². The maximum atomic E-state index is 12.9. The molecule has 0 saturated carbocycles. The van der Waals surface area contributed by atoms with Crippen LogP contribution in [0.3, 0.4) is 0 Å². The van der Waals surface area contributed by atoms with Gasteiger partial charge in [0.15, 0.2) is 0 Å². The third-order valence-corrected chi connectivity index (χ3v) is 2.93. The van der Waals surface area contributed by atoms with E-state index >= 15 is 0 Å². The van der Waals surface area contributed by atoms with E-state index < -0.39 is 17.6 Å². The van der Waals surface area contributed by atoms with Gasteiger partial charge in [0.05, 0.1) is 6.54 Å². The first-order valence-electron chi connectivity index (χ1n) is 5.72. The molecule has 17 heavy (non-hydrogen) atoms. The van der Waals surface area contributed by atoms with Gasteiger partial charge in [-0.3, -0.25) is 4.90 Å². The molecule has 4 nitrogen and oxygen atoms in total. The number of carbonyl (C=O) groups is 1. The fourth-order valence-electron chi connectivity index (χ4n) is 1.96. The molecule has 0 aliphatic carbocycles. The lowest BCUT2D eigenvalue weighted by atomic mass is 10.1. The van der Waals surface area contributed by atoms with Crippen molar-refractivity contribution >= 4 is 6.09 Å². The van der Waals surface area contributed by atoms with Crippen LogP contribution in [0.5, 0.6) is 0 Å². The molecule has 1 fully saturated rings. The van der Waals surface area contributed by atoms with E-state index in [-0.39, 0.29) is 19.5 Å². The minimum Gasteiger partial charge on any atom is -0.465 e. The summed E-state index contributed by atoms with van der Waals surface area (Å²) in [6.45, 7) is 6.07. The van der Waals surface area contributed by atoms with E-state index in [2.05, 4.69) is 0 Å². The molecule has 1 heterocycles. The molecule has 1 aliphatic heterocycles. The molecular weight excluding hydrogens is 230 g/mol. The van der Waals surface area contributed by atoms with E-state index in [0.29, 0.717) is 13.1 Å². The van der Waals surface area contributed by atoms with Crippen LogP contribution in [0.4, 0.5) is 13.6 Å². The summed E-state index contributed by atoms with van der Waals surface area (Å²) >= 11 is 0. The zero-order chi connectivity index (χ0) is 13.3. The molecule has 1 aliphatic rings. The Morgan fingerprint density at radius 1 is 1.47 bits per heavy atom. The quantitative estimate of drug-likeness (QED) is 0.834. The molecule has 1 N–H and O–H groups in total. The number of nitrogens with zero attached hydrogens (tertiary/aromatic N) is 2. The van der Waals surface area contributed by atoms with Gasteiger partial charge in [0, 0.05) is 31.6 Å². The normalized spacial score (nSPS) is 20.5. The number of halogens is 2. The Kier molecular flexibility index (Phi) is 3.96. The predicted molar refractivity (Wildman–Crippen MR) is 60.5 cm³/mol. The summed E-state index contributed by atoms with van der Waals surface area (Å²) in [7, 11) is 0. The number of amides is 1. The van der Waals surface area contributed by atoms with Crippen LogP contribution in [0.1, 0.15) is 27.2 Å². The van der Waals surface area contributed by atoms with Crippen molar-refractivity contribution in [2.45, 2.75) is 38.7 Å². The summed E-state index contributed by atoms with van der Waals surface area (Å²) in [5.41, 5.74) is -0.506. The molecule has 1 amide bonds. The molecular formula is C11H20F2N2O2. The highest BCUT2D eigenvalue weighted by Crippen LogP contribution is 2.26. The molecule has 0 atom stereocenters. The zero-order valence-electron chi connectivity index (χ0n) is 10.5. The molecule has 6 heteroatoms. The number of hydrogen-bond acceptors (Lipinski definition) is 2. The Balaban J connectivity index is 2.46. The van der Waals surface area contributed by atoms with E-state index in [1.165, 1.54) is 4.90 Å². The van der Waals surface area contributed by atoms with E-state index in [0.717, 1.165) is 0 Å². The van der Waals surface area contributed by atoms with Crippen molar-refractivity contribution < 1.29 is 18.7 Å². The van der Waals surface area contributed by atoms with Gasteiger partial charge in [0.2, 0.25) is 0 Å². The van der Waals surface area contributed by atoms with E-state index in [1.807, 2.05) is 0 Å². The number of carboxylic acid groups (broad SMARTS) is 1. The lowest BCUT2D eigenvalue weighted by molar-refractivity contribution is 0.0108. The molecule has 0 aromatic rings. The summed E-state index contributed by atoms with van der Waals surface area (Å²) in [6, 6.07) is 0. The van der Waals surface area contributed by atoms with Crippen molar-refractivity contribution in [3.8, 4) is 0 Å². The fourth-order valence-corrected chi connectivity index (χ4v) is 1.96. The average molecular weight is 250 g/mol. The minimum absolute atomic E-state index is 0.129. The van der Waals surface area contributed by atoms with Crippen molar-refractivity contribution in [2.24, 2.45) is 0 Å². The van der Waals surface area contributed by atoms with Crippen LogP contribution in [0, 0.1) is 0 Å². The Bertz CT molecular complexity index is 290. The maximum Gasteiger partial charge on any atom is 0.407 e. The Labute approximate surface area is 100 Å². The first-order chi connectivity index (χ1) is 7.62. The van der Waals surface area contributed by atoms with Crippen LogP contribution >= 0.6 is 0 Å². The first kappa shape index (κ1) is 14.2. The third kappa shape index (κ3) is 4.11. The average Bonchev–Trinajstić information content (AvgIpc) is 2.42. The van der Waals surface area contributed by atoms with Gasteiger partial charge in [-0.05, 0) is 20.8 Å². The summed E-state index contributed by atoms with van der Waals surface area (Å²) < 4.78 is 25.9. The fraction of sp³-hybridized carbons (Fsp3) is 0.909. The van der Waals surface area contributed by atoms with E-state index in [1.54, 1.807) is 25.7 Å². The van der Waals surface area contributed by atoms with Gasteiger partial charge in [-0.25, -0.2) is 13.6 Å². The molecule has 0 aromatic heterocycles. The Morgan fingerprint density at radius 3 is 2.41 bits per heavy atom. The molecule has 0 radical (unpaired) electrons. The molecule has 0 spiro atoms. The topological polar surface area (TPSA) is 43.8 Å². The highest BCUT2D eigenvalue weighted by atomic mass is 19.3. The standard InChI is InChI=1S/C11H20F2N2O2/c1-10(2,3)15(9(16)17)7-6-14-5-4-11(12,13)8-14/h4-8H2,1-3H3,(H,16,17). The molecule has 0 bridgehead atoms. The van der Waals surface area contributed by atoms with Gasteiger partial charge in [-0.2, -0.15) is 0 Å². The largest absolute Gasteiger partial charge is 0.465 e. The smallest absolute Gasteiger partial charge is 0.407 e. The number of likely N-dealkylation sites (tertiary alicyclic amines) is 1. The van der Waals surface area contributed by atoms with Gasteiger partial charge in [-0.1, -0.05) is 0 Å². The van der Waals surface area contributed by atoms with Gasteiger partial charge in [0.1, 0.15) is 0 Å². The van der Waals surface area contributed by atoms with Crippen molar-refractivity contribution in [3.05, 3.63) is 0 Å². The summed E-state index contributed by atoms with van der Waals surface area (Å²) in [6.07, 6.45) is -1.14. The second-order valence-electron chi connectivity index (χ2n) is 5.49. The highest BCUT2D eigenvalue weighted by Gasteiger charge is 2.38. The molecule has 0 aromatic carbocycles. The van der Waals surface area contributed by atoms with Gasteiger partial charge < -0.3 is 10.0 Å². The van der Waals surface area contributed by atoms with Gasteiger partial charge in [0.25, 0.3) is 5.92 Å². The number of rotatable bonds is 3. The molecule has 0 unspecified atom stereocenters. The van der Waals surface area contributed by atoms with Crippen LogP contribution in [0.2, 0.25) is 0 Å². The SMILES string of the molecule is CC(C)(C)N(CCN1CCC(F)(F)C1)C(=O)O. The maximum absolute atomic E-state index is 12.9. The summed E-state index contributed by atoms with van der Waals surface area (Å²) in [4.78, 5) is 13.9. The second-order valence-corrected chi connectivity index (χ2v) is 5.49. The van der Waals surface area contributed by atoms with Crippen molar-refractivity contribution in [1.29, 1.82) is 0 Å². The lowest BCUT2D eigenvalue weighted by Crippen LogP contribution is -2.48. The summed E-state index contributed by atoms with van der Waals surface area (Å²) in [5, 5.41) is 9.04. The number of alkyl halides is 2. The number of hydrogen-bond donors (Lipinski definition) is 1. The molecule has 1 saturated heterocycles. The van der Waals surface area contributed by atoms with Crippen LogP contribution in [-0.4, -0.2) is 58.6 Å². The van der Waals surface area contributed by atoms with Crippen molar-refractivity contribution in [3.63, 3.8) is 0 Å². The van der Waals surface area contributed by atoms with Crippen LogP contribution in [-0.2, 0) is 0 Å². The van der Waals surface area contributed by atoms with E-state index in [9.17, 15) is 13.6 Å². The Hall–Kier alpha value is -0.910.